The fourth-order valence-electron chi connectivity index (χ4n) is 0.430. The molecule has 0 aliphatic rings. The molecule has 0 amide bonds. The summed E-state index contributed by atoms with van der Waals surface area (Å²) in [6.45, 7) is 0. The van der Waals surface area contributed by atoms with Crippen molar-refractivity contribution in [2.75, 3.05) is 0 Å². The summed E-state index contributed by atoms with van der Waals surface area (Å²) in [6, 6.07) is 8.18. The van der Waals surface area contributed by atoms with Gasteiger partial charge in [0.25, 0.3) is 0 Å². The van der Waals surface area contributed by atoms with Gasteiger partial charge in [-0.2, -0.15) is 0 Å². The number of halogens is 2. The third-order valence-corrected chi connectivity index (χ3v) is 2.05. The molecule has 1 aromatic rings. The average molecular weight is 289 g/mol. The topological polar surface area (TPSA) is 0 Å². The van der Waals surface area contributed by atoms with Crippen LogP contribution < -0.4 is 0 Å². The first-order valence-electron chi connectivity index (χ1n) is 2.20. The average Bonchev–Trinajstić information content (AvgIpc) is 1.77. The van der Waals surface area contributed by atoms with Crippen LogP contribution >= 0.6 is 38.5 Å². The Morgan fingerprint density at radius 3 is 2.00 bits per heavy atom. The highest BCUT2D eigenvalue weighted by atomic mass is 127. The summed E-state index contributed by atoms with van der Waals surface area (Å²) in [7, 11) is 0. The summed E-state index contributed by atoms with van der Waals surface area (Å²) in [6.07, 6.45) is 0. The van der Waals surface area contributed by atoms with Crippen molar-refractivity contribution < 1.29 is 0 Å². The molecule has 1 rings (SSSR count). The molecule has 0 atom stereocenters. The lowest BCUT2D eigenvalue weighted by Crippen LogP contribution is -1.65. The van der Waals surface area contributed by atoms with Crippen LogP contribution in [0.25, 0.3) is 0 Å². The highest BCUT2D eigenvalue weighted by Gasteiger charge is 1.82. The van der Waals surface area contributed by atoms with Gasteiger partial charge in [0.05, 0.1) is 0 Å². The predicted octanol–water partition coefficient (Wildman–Crippen LogP) is 3.05. The molecular formula is C6H4BrI. The van der Waals surface area contributed by atoms with Crippen LogP contribution in [0.1, 0.15) is 0 Å². The quantitative estimate of drug-likeness (QED) is 0.644. The van der Waals surface area contributed by atoms with Gasteiger partial charge in [0.1, 0.15) is 0 Å². The van der Waals surface area contributed by atoms with E-state index in [-0.39, 0.29) is 0 Å². The van der Waals surface area contributed by atoms with E-state index in [1.165, 1.54) is 3.57 Å². The minimum Gasteiger partial charge on any atom is -0.0508 e. The molecule has 0 bridgehead atoms. The van der Waals surface area contributed by atoms with Crippen LogP contribution in [0.3, 0.4) is 0 Å². The van der Waals surface area contributed by atoms with E-state index >= 15 is 0 Å². The van der Waals surface area contributed by atoms with Crippen molar-refractivity contribution in [1.29, 1.82) is 0 Å². The maximum Gasteiger partial charge on any atom is 0.0175 e. The molecule has 0 spiro atoms. The molecule has 42 valence electrons. The van der Waals surface area contributed by atoms with Crippen LogP contribution in [0.15, 0.2) is 28.7 Å². The van der Waals surface area contributed by atoms with Crippen LogP contribution in [0, 0.1) is 3.57 Å². The van der Waals surface area contributed by atoms with Gasteiger partial charge in [0, 0.05) is 8.04 Å². The first kappa shape index (κ1) is 6.55. The Hall–Kier alpha value is 0.430. The van der Waals surface area contributed by atoms with Gasteiger partial charge in [0.2, 0.25) is 0 Å². The standard InChI is InChI=1S/C6H4BrI/c7-5-1-3-6(8)4-2-5/h1-4H/i1+1,2+1,3+1,4+1,5+1,6+1. The SMILES string of the molecule is Br[13c]1[13cH][13cH][13c](I)[13cH][13cH]1. The van der Waals surface area contributed by atoms with Crippen molar-refractivity contribution in [2.45, 2.75) is 0 Å². The lowest BCUT2D eigenvalue weighted by molar-refractivity contribution is 1.60. The number of rotatable bonds is 0. The number of benzene rings is 1. The summed E-state index contributed by atoms with van der Waals surface area (Å²) < 4.78 is 2.41. The summed E-state index contributed by atoms with van der Waals surface area (Å²) in [5.74, 6) is 0. The zero-order valence-electron chi connectivity index (χ0n) is 4.07. The maximum atomic E-state index is 3.34. The molecule has 0 N–H and O–H groups in total. The third-order valence-electron chi connectivity index (χ3n) is 0.804. The molecule has 0 saturated carbocycles. The molecule has 8 heavy (non-hydrogen) atoms. The normalized spacial score (nSPS) is 9.25. The summed E-state index contributed by atoms with van der Waals surface area (Å²) in [5.41, 5.74) is 0. The summed E-state index contributed by atoms with van der Waals surface area (Å²) in [4.78, 5) is 0. The minimum atomic E-state index is 1.14. The van der Waals surface area contributed by atoms with Gasteiger partial charge in [-0.05, 0) is 46.9 Å². The Labute approximate surface area is 70.6 Å². The first-order valence-corrected chi connectivity index (χ1v) is 4.07. The molecule has 0 aliphatic heterocycles. The van der Waals surface area contributed by atoms with E-state index in [0.717, 1.165) is 4.47 Å². The van der Waals surface area contributed by atoms with Crippen molar-refractivity contribution >= 4 is 38.5 Å². The second-order valence-corrected chi connectivity index (χ2v) is 3.60. The Balaban J connectivity index is 3.03. The largest absolute Gasteiger partial charge is 0.0508 e. The van der Waals surface area contributed by atoms with Crippen LogP contribution in [0.5, 0.6) is 0 Å². The van der Waals surface area contributed by atoms with Gasteiger partial charge in [0.15, 0.2) is 0 Å². The molecule has 1 aromatic carbocycles. The molecule has 0 fully saturated rings. The molecule has 0 aromatic heterocycles. The summed E-state index contributed by atoms with van der Waals surface area (Å²) in [5, 5.41) is 0. The van der Waals surface area contributed by atoms with E-state index in [4.69, 9.17) is 0 Å². The van der Waals surface area contributed by atoms with Crippen molar-refractivity contribution in [3.05, 3.63) is 32.3 Å². The minimum absolute atomic E-state index is 1.14. The fraction of sp³-hybridized carbons (Fsp3) is 0. The maximum absolute atomic E-state index is 3.34. The van der Waals surface area contributed by atoms with Crippen molar-refractivity contribution in [3.63, 3.8) is 0 Å². The fourth-order valence-corrected chi connectivity index (χ4v) is 1.05. The molecule has 0 unspecified atom stereocenters. The van der Waals surface area contributed by atoms with E-state index in [1.54, 1.807) is 0 Å². The van der Waals surface area contributed by atoms with Crippen LogP contribution in [0.2, 0.25) is 0 Å². The zero-order chi connectivity index (χ0) is 5.98. The van der Waals surface area contributed by atoms with E-state index < -0.39 is 0 Å². The van der Waals surface area contributed by atoms with Crippen molar-refractivity contribution in [2.24, 2.45) is 0 Å². The molecule has 0 saturated heterocycles. The Morgan fingerprint density at radius 2 is 1.62 bits per heavy atom. The van der Waals surface area contributed by atoms with Crippen molar-refractivity contribution in [1.82, 2.24) is 0 Å². The molecule has 2 heteroatoms. The van der Waals surface area contributed by atoms with Gasteiger partial charge in [-0.25, -0.2) is 0 Å². The highest BCUT2D eigenvalue weighted by Crippen LogP contribution is 2.11. The Bertz CT molecular complexity index is 147. The lowest BCUT2D eigenvalue weighted by atomic mass is 11.4. The van der Waals surface area contributed by atoms with E-state index in [9.17, 15) is 0 Å². The highest BCUT2D eigenvalue weighted by molar-refractivity contribution is 14.1. The van der Waals surface area contributed by atoms with Crippen molar-refractivity contribution in [3.8, 4) is 0 Å². The molecule has 0 aliphatic carbocycles. The molecule has 0 heterocycles. The second-order valence-electron chi connectivity index (χ2n) is 1.44. The number of hydrogen-bond donors (Lipinski definition) is 0. The van der Waals surface area contributed by atoms with Gasteiger partial charge >= 0.3 is 0 Å². The van der Waals surface area contributed by atoms with Crippen LogP contribution in [-0.2, 0) is 0 Å². The number of hydrogen-bond acceptors (Lipinski definition) is 0. The van der Waals surface area contributed by atoms with Gasteiger partial charge in [-0.1, -0.05) is 15.9 Å². The van der Waals surface area contributed by atoms with Crippen LogP contribution in [-0.4, -0.2) is 0 Å². The van der Waals surface area contributed by atoms with Gasteiger partial charge < -0.3 is 0 Å². The van der Waals surface area contributed by atoms with E-state index in [0.29, 0.717) is 0 Å². The monoisotopic (exact) mass is 288 g/mol. The first-order chi connectivity index (χ1) is 3.79. The van der Waals surface area contributed by atoms with E-state index in [1.807, 2.05) is 12.1 Å². The predicted molar refractivity (Wildman–Crippen MR) is 46.9 cm³/mol. The Kier molecular flexibility index (Phi) is 2.31. The second kappa shape index (κ2) is 2.82. The smallest absolute Gasteiger partial charge is 0.0175 e. The van der Waals surface area contributed by atoms with Gasteiger partial charge in [-0.3, -0.25) is 0 Å². The molecular weight excluding hydrogens is 285 g/mol. The zero-order valence-corrected chi connectivity index (χ0v) is 7.81. The molecule has 0 radical (unpaired) electrons. The van der Waals surface area contributed by atoms with E-state index in [2.05, 4.69) is 50.7 Å². The van der Waals surface area contributed by atoms with Crippen LogP contribution in [0.4, 0.5) is 0 Å². The van der Waals surface area contributed by atoms with Gasteiger partial charge in [-0.15, -0.1) is 0 Å². The lowest BCUT2D eigenvalue weighted by Gasteiger charge is -1.86. The molecule has 0 nitrogen and oxygen atoms in total. The Morgan fingerprint density at radius 1 is 1.12 bits per heavy atom. The summed E-state index contributed by atoms with van der Waals surface area (Å²) >= 11 is 5.62. The third kappa shape index (κ3) is 1.74.